The minimum absolute atomic E-state index is 0.239. The summed E-state index contributed by atoms with van der Waals surface area (Å²) in [5.74, 6) is -1.24. The number of ketones is 1. The molecule has 2 aliphatic rings. The van der Waals surface area contributed by atoms with Crippen LogP contribution in [0.2, 0.25) is 0 Å². The van der Waals surface area contributed by atoms with Gasteiger partial charge >= 0.3 is 5.97 Å². The average molecular weight is 434 g/mol. The molecule has 4 rings (SSSR count). The molecular formula is C25H27N3O4. The highest BCUT2D eigenvalue weighted by molar-refractivity contribution is 6.51. The molecule has 2 saturated carbocycles. The first kappa shape index (κ1) is 21.7. The molecule has 2 fully saturated rings. The summed E-state index contributed by atoms with van der Waals surface area (Å²) in [5.41, 5.74) is 2.18. The number of carbonyl (C=O) groups is 3. The van der Waals surface area contributed by atoms with E-state index in [-0.39, 0.29) is 11.3 Å². The summed E-state index contributed by atoms with van der Waals surface area (Å²) in [4.78, 5) is 39.5. The Morgan fingerprint density at radius 3 is 2.31 bits per heavy atom. The molecule has 2 bridgehead atoms. The van der Waals surface area contributed by atoms with Crippen LogP contribution in [-0.4, -0.2) is 30.5 Å². The fraction of sp³-hybridized carbons (Fsp3) is 0.360. The molecule has 0 aliphatic heterocycles. The highest BCUT2D eigenvalue weighted by atomic mass is 16.5. The van der Waals surface area contributed by atoms with Gasteiger partial charge < -0.3 is 10.1 Å². The van der Waals surface area contributed by atoms with E-state index < -0.39 is 28.1 Å². The number of Topliss-reactive ketones (excluding diaryl/α,β-unsaturated/α-hetero) is 1. The predicted molar refractivity (Wildman–Crippen MR) is 122 cm³/mol. The van der Waals surface area contributed by atoms with Crippen LogP contribution in [0.25, 0.3) is 0 Å². The smallest absolute Gasteiger partial charge is 0.339 e. The monoisotopic (exact) mass is 433 g/mol. The SMILES string of the molecule is COC(=O)c1ccccc1NC(=O)C12CCC(C)(C(=NNc3ccccc3)C1=O)C2(C)C. The predicted octanol–water partition coefficient (Wildman–Crippen LogP) is 4.28. The Hall–Kier alpha value is -3.48. The molecule has 0 aromatic heterocycles. The third-order valence-electron chi connectivity index (χ3n) is 7.61. The first-order valence-corrected chi connectivity index (χ1v) is 10.6. The molecule has 32 heavy (non-hydrogen) atoms. The molecule has 166 valence electrons. The minimum Gasteiger partial charge on any atom is -0.465 e. The lowest BCUT2D eigenvalue weighted by Crippen LogP contribution is -2.48. The number of fused-ring (bicyclic) bond motifs is 2. The number of ether oxygens (including phenoxy) is 1. The molecular weight excluding hydrogens is 406 g/mol. The molecule has 0 heterocycles. The van der Waals surface area contributed by atoms with E-state index in [4.69, 9.17) is 4.74 Å². The standard InChI is InChI=1S/C25H27N3O4/c1-23(2)24(3)14-15-25(23,20(29)19(24)28-27-16-10-6-5-7-11-16)22(31)26-18-13-9-8-12-17(18)21(30)32-4/h5-13,27H,14-15H2,1-4H3,(H,26,31). The molecule has 2 aromatic carbocycles. The lowest BCUT2D eigenvalue weighted by molar-refractivity contribution is -0.140. The molecule has 2 unspecified atom stereocenters. The zero-order chi connectivity index (χ0) is 23.1. The van der Waals surface area contributed by atoms with Gasteiger partial charge in [0.1, 0.15) is 11.1 Å². The number of nitrogens with one attached hydrogen (secondary N) is 2. The summed E-state index contributed by atoms with van der Waals surface area (Å²) in [6.45, 7) is 5.91. The number of amides is 1. The topological polar surface area (TPSA) is 96.9 Å². The van der Waals surface area contributed by atoms with Crippen LogP contribution in [-0.2, 0) is 14.3 Å². The van der Waals surface area contributed by atoms with Gasteiger partial charge in [-0.2, -0.15) is 5.10 Å². The number of nitrogens with zero attached hydrogens (tertiary/aromatic N) is 1. The van der Waals surface area contributed by atoms with Crippen molar-refractivity contribution in [2.45, 2.75) is 33.6 Å². The molecule has 0 radical (unpaired) electrons. The quantitative estimate of drug-likeness (QED) is 0.417. The summed E-state index contributed by atoms with van der Waals surface area (Å²) < 4.78 is 4.83. The Morgan fingerprint density at radius 1 is 0.969 bits per heavy atom. The average Bonchev–Trinajstić information content (AvgIpc) is 3.07. The van der Waals surface area contributed by atoms with Crippen LogP contribution in [0.1, 0.15) is 44.0 Å². The Morgan fingerprint density at radius 2 is 1.62 bits per heavy atom. The van der Waals surface area contributed by atoms with Crippen molar-refractivity contribution in [3.8, 4) is 0 Å². The third kappa shape index (κ3) is 2.87. The first-order valence-electron chi connectivity index (χ1n) is 10.6. The van der Waals surface area contributed by atoms with E-state index >= 15 is 0 Å². The van der Waals surface area contributed by atoms with E-state index in [0.29, 0.717) is 24.2 Å². The number of benzene rings is 2. The summed E-state index contributed by atoms with van der Waals surface area (Å²) in [6, 6.07) is 16.0. The van der Waals surface area contributed by atoms with Crippen molar-refractivity contribution in [3.05, 3.63) is 60.2 Å². The van der Waals surface area contributed by atoms with Crippen molar-refractivity contribution in [2.24, 2.45) is 21.3 Å². The van der Waals surface area contributed by atoms with Gasteiger partial charge in [0, 0.05) is 5.41 Å². The molecule has 2 N–H and O–H groups in total. The largest absolute Gasteiger partial charge is 0.465 e. The first-order chi connectivity index (χ1) is 15.2. The maximum atomic E-state index is 13.7. The molecule has 0 spiro atoms. The number of para-hydroxylation sites is 2. The van der Waals surface area contributed by atoms with Crippen LogP contribution in [0.3, 0.4) is 0 Å². The number of esters is 1. The number of carbonyl (C=O) groups excluding carboxylic acids is 3. The van der Waals surface area contributed by atoms with Crippen LogP contribution in [0.4, 0.5) is 11.4 Å². The van der Waals surface area contributed by atoms with Crippen molar-refractivity contribution in [2.75, 3.05) is 17.9 Å². The number of hydrazone groups is 1. The molecule has 7 nitrogen and oxygen atoms in total. The number of methoxy groups -OCH3 is 1. The Bertz CT molecular complexity index is 1130. The van der Waals surface area contributed by atoms with Crippen molar-refractivity contribution in [3.63, 3.8) is 0 Å². The van der Waals surface area contributed by atoms with Crippen molar-refractivity contribution >= 4 is 34.7 Å². The van der Waals surface area contributed by atoms with E-state index in [1.54, 1.807) is 24.3 Å². The zero-order valence-corrected chi connectivity index (χ0v) is 18.7. The van der Waals surface area contributed by atoms with Gasteiger partial charge in [-0.05, 0) is 42.5 Å². The van der Waals surface area contributed by atoms with Gasteiger partial charge in [0.05, 0.1) is 24.0 Å². The molecule has 2 atom stereocenters. The minimum atomic E-state index is -1.28. The number of anilines is 2. The molecule has 1 amide bonds. The maximum Gasteiger partial charge on any atom is 0.339 e. The Balaban J connectivity index is 1.70. The van der Waals surface area contributed by atoms with E-state index in [9.17, 15) is 14.4 Å². The van der Waals surface area contributed by atoms with E-state index in [1.807, 2.05) is 51.1 Å². The van der Waals surface area contributed by atoms with Crippen molar-refractivity contribution in [1.29, 1.82) is 0 Å². The lowest BCUT2D eigenvalue weighted by atomic mass is 9.64. The van der Waals surface area contributed by atoms with Crippen LogP contribution in [0, 0.1) is 16.2 Å². The molecule has 7 heteroatoms. The normalized spacial score (nSPS) is 26.8. The fourth-order valence-corrected chi connectivity index (χ4v) is 5.21. The van der Waals surface area contributed by atoms with Gasteiger partial charge in [-0.1, -0.05) is 51.1 Å². The molecule has 2 aliphatic carbocycles. The zero-order valence-electron chi connectivity index (χ0n) is 18.7. The summed E-state index contributed by atoms with van der Waals surface area (Å²) in [5, 5.41) is 7.33. The van der Waals surface area contributed by atoms with Gasteiger partial charge in [-0.25, -0.2) is 4.79 Å². The van der Waals surface area contributed by atoms with Crippen molar-refractivity contribution < 1.29 is 19.1 Å². The second-order valence-electron chi connectivity index (χ2n) is 9.12. The van der Waals surface area contributed by atoms with E-state index in [1.165, 1.54) is 7.11 Å². The maximum absolute atomic E-state index is 13.7. The van der Waals surface area contributed by atoms with Crippen LogP contribution in [0.5, 0.6) is 0 Å². The lowest BCUT2D eigenvalue weighted by Gasteiger charge is -2.37. The second-order valence-corrected chi connectivity index (χ2v) is 9.12. The van der Waals surface area contributed by atoms with Gasteiger partial charge in [-0.15, -0.1) is 0 Å². The van der Waals surface area contributed by atoms with Crippen LogP contribution >= 0.6 is 0 Å². The van der Waals surface area contributed by atoms with Gasteiger partial charge in [0.2, 0.25) is 5.91 Å². The molecule has 2 aromatic rings. The Labute approximate surface area is 187 Å². The van der Waals surface area contributed by atoms with E-state index in [0.717, 1.165) is 5.69 Å². The van der Waals surface area contributed by atoms with Gasteiger partial charge in [0.25, 0.3) is 0 Å². The highest BCUT2D eigenvalue weighted by Crippen LogP contribution is 2.69. The second kappa shape index (κ2) is 7.58. The van der Waals surface area contributed by atoms with E-state index in [2.05, 4.69) is 15.8 Å². The molecule has 0 saturated heterocycles. The number of rotatable bonds is 5. The van der Waals surface area contributed by atoms with Crippen LogP contribution in [0.15, 0.2) is 59.7 Å². The van der Waals surface area contributed by atoms with Gasteiger partial charge in [-0.3, -0.25) is 15.0 Å². The fourth-order valence-electron chi connectivity index (χ4n) is 5.21. The summed E-state index contributed by atoms with van der Waals surface area (Å²) >= 11 is 0. The van der Waals surface area contributed by atoms with Crippen LogP contribution < -0.4 is 10.7 Å². The summed E-state index contributed by atoms with van der Waals surface area (Å²) in [7, 11) is 1.29. The summed E-state index contributed by atoms with van der Waals surface area (Å²) in [6.07, 6.45) is 1.08. The number of hydrogen-bond donors (Lipinski definition) is 2. The van der Waals surface area contributed by atoms with Crippen molar-refractivity contribution in [1.82, 2.24) is 0 Å². The number of hydrogen-bond acceptors (Lipinski definition) is 6. The Kier molecular flexibility index (Phi) is 5.15. The van der Waals surface area contributed by atoms with Gasteiger partial charge in [0.15, 0.2) is 5.78 Å². The third-order valence-corrected chi connectivity index (χ3v) is 7.61. The highest BCUT2D eigenvalue weighted by Gasteiger charge is 2.76.